The largest absolute Gasteiger partial charge is 0.379 e. The molecule has 21 heavy (non-hydrogen) atoms. The second-order valence-corrected chi connectivity index (χ2v) is 6.16. The van der Waals surface area contributed by atoms with Crippen molar-refractivity contribution in [2.45, 2.75) is 13.0 Å². The zero-order valence-electron chi connectivity index (χ0n) is 11.6. The second-order valence-electron chi connectivity index (χ2n) is 5.00. The molecule has 1 aliphatic heterocycles. The number of nitro groups is 1. The molecule has 1 atom stereocenters. The van der Waals surface area contributed by atoms with Gasteiger partial charge in [-0.25, -0.2) is 4.39 Å². The fourth-order valence-electron chi connectivity index (χ4n) is 2.29. The maximum atomic E-state index is 13.6. The summed E-state index contributed by atoms with van der Waals surface area (Å²) < 4.78 is 19.2. The van der Waals surface area contributed by atoms with Gasteiger partial charge in [-0.3, -0.25) is 15.0 Å². The number of nitrogens with zero attached hydrogens (tertiary/aromatic N) is 2. The van der Waals surface area contributed by atoms with Gasteiger partial charge in [-0.15, -0.1) is 0 Å². The van der Waals surface area contributed by atoms with Gasteiger partial charge in [0, 0.05) is 37.8 Å². The van der Waals surface area contributed by atoms with Crippen LogP contribution < -0.4 is 5.32 Å². The van der Waals surface area contributed by atoms with E-state index in [9.17, 15) is 14.5 Å². The SMILES string of the molecule is CC(CN1CCOCC1)Nc1cc(F)c(I)cc1[N+](=O)[O-]. The maximum Gasteiger partial charge on any atom is 0.293 e. The third-order valence-electron chi connectivity index (χ3n) is 3.27. The molecule has 1 aromatic rings. The lowest BCUT2D eigenvalue weighted by Crippen LogP contribution is -2.42. The molecule has 0 aromatic heterocycles. The number of anilines is 1. The maximum absolute atomic E-state index is 13.6. The average molecular weight is 409 g/mol. The molecule has 0 radical (unpaired) electrons. The lowest BCUT2D eigenvalue weighted by Gasteiger charge is -2.29. The molecule has 1 heterocycles. The van der Waals surface area contributed by atoms with Crippen molar-refractivity contribution in [2.24, 2.45) is 0 Å². The topological polar surface area (TPSA) is 67.6 Å². The van der Waals surface area contributed by atoms with Crippen LogP contribution in [-0.2, 0) is 4.74 Å². The molecule has 1 fully saturated rings. The van der Waals surface area contributed by atoms with Crippen LogP contribution in [0.2, 0.25) is 0 Å². The van der Waals surface area contributed by atoms with Gasteiger partial charge < -0.3 is 10.1 Å². The van der Waals surface area contributed by atoms with Gasteiger partial charge in [0.25, 0.3) is 5.69 Å². The number of hydrogen-bond donors (Lipinski definition) is 1. The van der Waals surface area contributed by atoms with E-state index < -0.39 is 10.7 Å². The summed E-state index contributed by atoms with van der Waals surface area (Å²) in [6, 6.07) is 2.41. The zero-order valence-corrected chi connectivity index (χ0v) is 13.8. The monoisotopic (exact) mass is 409 g/mol. The molecular weight excluding hydrogens is 392 g/mol. The third kappa shape index (κ3) is 4.48. The number of morpholine rings is 1. The number of nitrogens with one attached hydrogen (secondary N) is 1. The average Bonchev–Trinajstić information content (AvgIpc) is 2.43. The van der Waals surface area contributed by atoms with Crippen LogP contribution in [0.3, 0.4) is 0 Å². The molecule has 1 N–H and O–H groups in total. The molecule has 116 valence electrons. The summed E-state index contributed by atoms with van der Waals surface area (Å²) in [5.41, 5.74) is 0.119. The molecule has 0 saturated carbocycles. The van der Waals surface area contributed by atoms with Crippen LogP contribution in [0.15, 0.2) is 12.1 Å². The van der Waals surface area contributed by atoms with Gasteiger partial charge in [-0.1, -0.05) is 0 Å². The van der Waals surface area contributed by atoms with E-state index in [0.29, 0.717) is 13.2 Å². The van der Waals surface area contributed by atoms with E-state index in [2.05, 4.69) is 10.2 Å². The van der Waals surface area contributed by atoms with E-state index in [0.717, 1.165) is 19.6 Å². The smallest absolute Gasteiger partial charge is 0.293 e. The Labute approximate surface area is 135 Å². The van der Waals surface area contributed by atoms with Crippen LogP contribution in [0.25, 0.3) is 0 Å². The summed E-state index contributed by atoms with van der Waals surface area (Å²) in [4.78, 5) is 12.8. The lowest BCUT2D eigenvalue weighted by atomic mass is 10.2. The highest BCUT2D eigenvalue weighted by atomic mass is 127. The number of nitro benzene ring substituents is 1. The van der Waals surface area contributed by atoms with E-state index in [1.165, 1.54) is 12.1 Å². The fourth-order valence-corrected chi connectivity index (χ4v) is 2.74. The predicted octanol–water partition coefficient (Wildman–Crippen LogP) is 2.47. The molecule has 1 aliphatic rings. The molecule has 6 nitrogen and oxygen atoms in total. The number of ether oxygens (including phenoxy) is 1. The van der Waals surface area contributed by atoms with Crippen molar-refractivity contribution in [3.8, 4) is 0 Å². The Bertz CT molecular complexity index is 524. The molecule has 0 aliphatic carbocycles. The first-order valence-corrected chi connectivity index (χ1v) is 7.75. The first-order valence-electron chi connectivity index (χ1n) is 6.67. The Morgan fingerprint density at radius 3 is 2.81 bits per heavy atom. The summed E-state index contributed by atoms with van der Waals surface area (Å²) in [7, 11) is 0. The van der Waals surface area contributed by atoms with Gasteiger partial charge >= 0.3 is 0 Å². The second kappa shape index (κ2) is 7.32. The van der Waals surface area contributed by atoms with Gasteiger partial charge in [0.1, 0.15) is 11.5 Å². The minimum absolute atomic E-state index is 0.0266. The van der Waals surface area contributed by atoms with E-state index in [1.54, 1.807) is 22.6 Å². The Morgan fingerprint density at radius 1 is 1.52 bits per heavy atom. The quantitative estimate of drug-likeness (QED) is 0.460. The molecule has 1 saturated heterocycles. The van der Waals surface area contributed by atoms with Gasteiger partial charge in [0.2, 0.25) is 0 Å². The van der Waals surface area contributed by atoms with Crippen LogP contribution >= 0.6 is 22.6 Å². The highest BCUT2D eigenvalue weighted by molar-refractivity contribution is 14.1. The summed E-state index contributed by atoms with van der Waals surface area (Å²) >= 11 is 1.75. The fraction of sp³-hybridized carbons (Fsp3) is 0.538. The minimum Gasteiger partial charge on any atom is -0.379 e. The zero-order chi connectivity index (χ0) is 15.4. The number of benzene rings is 1. The summed E-state index contributed by atoms with van der Waals surface area (Å²) in [5.74, 6) is -0.456. The van der Waals surface area contributed by atoms with Crippen molar-refractivity contribution >= 4 is 34.0 Å². The Morgan fingerprint density at radius 2 is 2.19 bits per heavy atom. The molecule has 0 amide bonds. The van der Waals surface area contributed by atoms with Crippen molar-refractivity contribution in [1.82, 2.24) is 4.90 Å². The normalized spacial score (nSPS) is 17.5. The molecule has 8 heteroatoms. The lowest BCUT2D eigenvalue weighted by molar-refractivity contribution is -0.384. The minimum atomic E-state index is -0.495. The van der Waals surface area contributed by atoms with Crippen molar-refractivity contribution in [2.75, 3.05) is 38.2 Å². The first-order chi connectivity index (χ1) is 9.97. The predicted molar refractivity (Wildman–Crippen MR) is 86.1 cm³/mol. The van der Waals surface area contributed by atoms with Crippen molar-refractivity contribution in [1.29, 1.82) is 0 Å². The molecule has 0 spiro atoms. The highest BCUT2D eigenvalue weighted by Gasteiger charge is 2.20. The van der Waals surface area contributed by atoms with E-state index in [1.807, 2.05) is 6.92 Å². The Hall–Kier alpha value is -1.00. The number of hydrogen-bond acceptors (Lipinski definition) is 5. The van der Waals surface area contributed by atoms with Crippen LogP contribution in [0.5, 0.6) is 0 Å². The van der Waals surface area contributed by atoms with Crippen molar-refractivity contribution in [3.63, 3.8) is 0 Å². The molecule has 0 bridgehead atoms. The van der Waals surface area contributed by atoms with Gasteiger partial charge in [-0.05, 0) is 29.5 Å². The summed E-state index contributed by atoms with van der Waals surface area (Å²) in [5, 5.41) is 14.1. The van der Waals surface area contributed by atoms with Gasteiger partial charge in [0.05, 0.1) is 21.7 Å². The molecule has 2 rings (SSSR count). The third-order valence-corrected chi connectivity index (χ3v) is 4.10. The molecule has 1 aromatic carbocycles. The van der Waals surface area contributed by atoms with Crippen LogP contribution in [-0.4, -0.2) is 48.7 Å². The Kier molecular flexibility index (Phi) is 5.71. The number of rotatable bonds is 5. The van der Waals surface area contributed by atoms with E-state index >= 15 is 0 Å². The van der Waals surface area contributed by atoms with Gasteiger partial charge in [-0.2, -0.15) is 0 Å². The van der Waals surface area contributed by atoms with Crippen molar-refractivity contribution < 1.29 is 14.1 Å². The summed E-state index contributed by atoms with van der Waals surface area (Å²) in [6.07, 6.45) is 0. The van der Waals surface area contributed by atoms with Crippen LogP contribution in [0, 0.1) is 19.5 Å². The molecule has 1 unspecified atom stereocenters. The standard InChI is InChI=1S/C13H17FIN3O3/c1-9(8-17-2-4-21-5-3-17)16-12-6-10(14)11(15)7-13(12)18(19)20/h6-7,9,16H,2-5,8H2,1H3. The van der Waals surface area contributed by atoms with Crippen LogP contribution in [0.4, 0.5) is 15.8 Å². The van der Waals surface area contributed by atoms with E-state index in [4.69, 9.17) is 4.74 Å². The Balaban J connectivity index is 2.07. The van der Waals surface area contributed by atoms with E-state index in [-0.39, 0.29) is 21.0 Å². The van der Waals surface area contributed by atoms with Crippen LogP contribution in [0.1, 0.15) is 6.92 Å². The summed E-state index contributed by atoms with van der Waals surface area (Å²) in [6.45, 7) is 5.74. The van der Waals surface area contributed by atoms with Crippen molar-refractivity contribution in [3.05, 3.63) is 31.6 Å². The molecular formula is C13H17FIN3O3. The highest BCUT2D eigenvalue weighted by Crippen LogP contribution is 2.29. The first kappa shape index (κ1) is 16.4. The van der Waals surface area contributed by atoms with Gasteiger partial charge in [0.15, 0.2) is 0 Å². The number of halogens is 2.